The highest BCUT2D eigenvalue weighted by molar-refractivity contribution is 5.92. The van der Waals surface area contributed by atoms with E-state index in [0.717, 1.165) is 0 Å². The Labute approximate surface area is 139 Å². The van der Waals surface area contributed by atoms with E-state index in [4.69, 9.17) is 10.5 Å². The van der Waals surface area contributed by atoms with Crippen LogP contribution in [0.2, 0.25) is 0 Å². The van der Waals surface area contributed by atoms with Gasteiger partial charge in [0.2, 0.25) is 5.91 Å². The smallest absolute Gasteiger partial charge is 0.261 e. The number of primary amides is 1. The lowest BCUT2D eigenvalue weighted by Crippen LogP contribution is -2.55. The number of nitrogens with zero attached hydrogens (tertiary/aromatic N) is 3. The largest absolute Gasteiger partial charge is 0.484 e. The summed E-state index contributed by atoms with van der Waals surface area (Å²) in [6, 6.07) is 9.04. The molecule has 0 saturated carbocycles. The Morgan fingerprint density at radius 1 is 1.25 bits per heavy atom. The van der Waals surface area contributed by atoms with Gasteiger partial charge in [-0.25, -0.2) is 0 Å². The topological polar surface area (TPSA) is 98.4 Å². The fourth-order valence-electron chi connectivity index (χ4n) is 3.06. The summed E-state index contributed by atoms with van der Waals surface area (Å²) in [7, 11) is 0. The molecule has 1 aliphatic rings. The first-order valence-corrected chi connectivity index (χ1v) is 7.69. The lowest BCUT2D eigenvalue weighted by molar-refractivity contribution is -0.146. The van der Waals surface area contributed by atoms with Crippen molar-refractivity contribution in [2.45, 2.75) is 18.4 Å². The Morgan fingerprint density at radius 3 is 2.71 bits per heavy atom. The van der Waals surface area contributed by atoms with E-state index in [-0.39, 0.29) is 12.5 Å². The van der Waals surface area contributed by atoms with E-state index in [2.05, 4.69) is 9.97 Å². The van der Waals surface area contributed by atoms with Crippen molar-refractivity contribution in [3.8, 4) is 5.75 Å². The van der Waals surface area contributed by atoms with Crippen LogP contribution in [0.5, 0.6) is 5.75 Å². The first-order valence-electron chi connectivity index (χ1n) is 7.69. The van der Waals surface area contributed by atoms with Crippen molar-refractivity contribution in [2.75, 3.05) is 13.2 Å². The van der Waals surface area contributed by atoms with E-state index in [1.165, 1.54) is 23.5 Å². The average Bonchev–Trinajstić information content (AvgIpc) is 3.07. The van der Waals surface area contributed by atoms with Gasteiger partial charge in [-0.2, -0.15) is 0 Å². The Balaban J connectivity index is 1.82. The molecule has 0 spiro atoms. The Morgan fingerprint density at radius 2 is 2.04 bits per heavy atom. The van der Waals surface area contributed by atoms with Crippen molar-refractivity contribution in [3.63, 3.8) is 0 Å². The predicted molar refractivity (Wildman–Crippen MR) is 85.8 cm³/mol. The number of ether oxygens (including phenoxy) is 1. The molecule has 2 aromatic rings. The first kappa shape index (κ1) is 15.9. The number of rotatable bonds is 5. The summed E-state index contributed by atoms with van der Waals surface area (Å²) >= 11 is 0. The lowest BCUT2D eigenvalue weighted by Gasteiger charge is -2.34. The maximum atomic E-state index is 12.7. The van der Waals surface area contributed by atoms with E-state index in [9.17, 15) is 9.59 Å². The van der Waals surface area contributed by atoms with E-state index < -0.39 is 11.4 Å². The van der Waals surface area contributed by atoms with Gasteiger partial charge in [0.15, 0.2) is 12.1 Å². The number of para-hydroxylation sites is 1. The molecule has 1 saturated heterocycles. The quantitative estimate of drug-likeness (QED) is 0.878. The molecule has 24 heavy (non-hydrogen) atoms. The number of carbonyl (C=O) groups excluding carboxylic acids is 2. The molecule has 1 aliphatic heterocycles. The Bertz CT molecular complexity index is 723. The van der Waals surface area contributed by atoms with Crippen LogP contribution in [0.15, 0.2) is 48.9 Å². The molecular weight excluding hydrogens is 308 g/mol. The van der Waals surface area contributed by atoms with Gasteiger partial charge >= 0.3 is 0 Å². The number of benzene rings is 1. The van der Waals surface area contributed by atoms with Gasteiger partial charge in [-0.1, -0.05) is 18.2 Å². The summed E-state index contributed by atoms with van der Waals surface area (Å²) in [4.78, 5) is 34.6. The summed E-state index contributed by atoms with van der Waals surface area (Å²) in [6.07, 6.45) is 5.57. The van der Waals surface area contributed by atoms with Crippen molar-refractivity contribution < 1.29 is 14.3 Å². The molecule has 1 unspecified atom stereocenters. The van der Waals surface area contributed by atoms with Gasteiger partial charge in [-0.05, 0) is 25.0 Å². The molecular formula is C17H18N4O3. The van der Waals surface area contributed by atoms with Crippen LogP contribution >= 0.6 is 0 Å². The number of aromatic nitrogens is 2. The van der Waals surface area contributed by atoms with Crippen molar-refractivity contribution >= 4 is 11.8 Å². The van der Waals surface area contributed by atoms with Crippen molar-refractivity contribution in [2.24, 2.45) is 5.73 Å². The third-order valence-electron chi connectivity index (χ3n) is 4.18. The SMILES string of the molecule is NC(=O)C1(c2cnccn2)CCCN1C(=O)COc1ccccc1. The zero-order valence-electron chi connectivity index (χ0n) is 13.1. The third-order valence-corrected chi connectivity index (χ3v) is 4.18. The molecule has 124 valence electrons. The Hall–Kier alpha value is -2.96. The zero-order valence-corrected chi connectivity index (χ0v) is 13.1. The monoisotopic (exact) mass is 326 g/mol. The predicted octanol–water partition coefficient (Wildman–Crippen LogP) is 0.859. The first-order chi connectivity index (χ1) is 11.6. The van der Waals surface area contributed by atoms with E-state index >= 15 is 0 Å². The summed E-state index contributed by atoms with van der Waals surface area (Å²) in [5.41, 5.74) is 4.79. The van der Waals surface area contributed by atoms with Crippen molar-refractivity contribution in [3.05, 3.63) is 54.6 Å². The maximum Gasteiger partial charge on any atom is 0.261 e. The van der Waals surface area contributed by atoms with Crippen molar-refractivity contribution in [1.29, 1.82) is 0 Å². The number of nitrogens with two attached hydrogens (primary N) is 1. The van der Waals surface area contributed by atoms with Crippen LogP contribution in [0.4, 0.5) is 0 Å². The number of hydrogen-bond acceptors (Lipinski definition) is 5. The van der Waals surface area contributed by atoms with Gasteiger partial charge < -0.3 is 15.4 Å². The van der Waals surface area contributed by atoms with Crippen LogP contribution < -0.4 is 10.5 Å². The van der Waals surface area contributed by atoms with Crippen molar-refractivity contribution in [1.82, 2.24) is 14.9 Å². The highest BCUT2D eigenvalue weighted by Crippen LogP contribution is 2.37. The zero-order chi connectivity index (χ0) is 17.0. The highest BCUT2D eigenvalue weighted by Gasteiger charge is 2.51. The second-order valence-corrected chi connectivity index (χ2v) is 5.57. The van der Waals surface area contributed by atoms with Crippen LogP contribution in [-0.2, 0) is 15.1 Å². The molecule has 3 rings (SSSR count). The Kier molecular flexibility index (Phi) is 4.41. The second kappa shape index (κ2) is 6.66. The normalized spacial score (nSPS) is 19.9. The fourth-order valence-corrected chi connectivity index (χ4v) is 3.06. The van der Waals surface area contributed by atoms with E-state index in [0.29, 0.717) is 30.8 Å². The van der Waals surface area contributed by atoms with Gasteiger partial charge in [-0.3, -0.25) is 19.6 Å². The van der Waals surface area contributed by atoms with Gasteiger partial charge in [0.1, 0.15) is 5.75 Å². The van der Waals surface area contributed by atoms with Gasteiger partial charge in [0.25, 0.3) is 5.91 Å². The van der Waals surface area contributed by atoms with Crippen LogP contribution in [-0.4, -0.2) is 39.8 Å². The molecule has 1 aromatic heterocycles. The molecule has 7 nitrogen and oxygen atoms in total. The average molecular weight is 326 g/mol. The van der Waals surface area contributed by atoms with Gasteiger partial charge in [0, 0.05) is 18.9 Å². The molecule has 0 radical (unpaired) electrons. The van der Waals surface area contributed by atoms with Gasteiger partial charge in [-0.15, -0.1) is 0 Å². The number of carbonyl (C=O) groups is 2. The minimum Gasteiger partial charge on any atom is -0.484 e. The molecule has 2 heterocycles. The minimum atomic E-state index is -1.26. The standard InChI is InChI=1S/C17H18N4O3/c18-16(23)17(14-11-19-8-9-20-14)7-4-10-21(17)15(22)12-24-13-5-2-1-3-6-13/h1-3,5-6,8-9,11H,4,7,10,12H2,(H2,18,23). The third kappa shape index (κ3) is 2.80. The summed E-state index contributed by atoms with van der Waals surface area (Å²) < 4.78 is 5.51. The molecule has 0 bridgehead atoms. The number of hydrogen-bond donors (Lipinski definition) is 1. The fraction of sp³-hybridized carbons (Fsp3) is 0.294. The lowest BCUT2D eigenvalue weighted by atomic mass is 9.91. The van der Waals surface area contributed by atoms with Crippen LogP contribution in [0.1, 0.15) is 18.5 Å². The second-order valence-electron chi connectivity index (χ2n) is 5.57. The van der Waals surface area contributed by atoms with Crippen LogP contribution in [0, 0.1) is 0 Å². The number of amides is 2. The minimum absolute atomic E-state index is 0.167. The molecule has 7 heteroatoms. The summed E-state index contributed by atoms with van der Waals surface area (Å²) in [6.45, 7) is 0.260. The van der Waals surface area contributed by atoms with E-state index in [1.54, 1.807) is 12.1 Å². The molecule has 2 N–H and O–H groups in total. The molecule has 1 fully saturated rings. The molecule has 1 atom stereocenters. The van der Waals surface area contributed by atoms with Crippen LogP contribution in [0.3, 0.4) is 0 Å². The van der Waals surface area contributed by atoms with Gasteiger partial charge in [0.05, 0.1) is 11.9 Å². The van der Waals surface area contributed by atoms with E-state index in [1.807, 2.05) is 18.2 Å². The number of likely N-dealkylation sites (tertiary alicyclic amines) is 1. The van der Waals surface area contributed by atoms with Crippen LogP contribution in [0.25, 0.3) is 0 Å². The molecule has 1 aromatic carbocycles. The summed E-state index contributed by atoms with van der Waals surface area (Å²) in [5, 5.41) is 0. The highest BCUT2D eigenvalue weighted by atomic mass is 16.5. The molecule has 2 amide bonds. The maximum absolute atomic E-state index is 12.7. The summed E-state index contributed by atoms with van der Waals surface area (Å²) in [5.74, 6) is -0.316. The molecule has 0 aliphatic carbocycles.